The lowest BCUT2D eigenvalue weighted by atomic mass is 10.0. The van der Waals surface area contributed by atoms with Crippen LogP contribution in [0, 0.1) is 0 Å². The molecule has 0 aliphatic heterocycles. The van der Waals surface area contributed by atoms with Gasteiger partial charge in [0, 0.05) is 38.5 Å². The molecule has 1 amide bonds. The van der Waals surface area contributed by atoms with Crippen molar-refractivity contribution in [3.63, 3.8) is 0 Å². The van der Waals surface area contributed by atoms with Gasteiger partial charge in [0.25, 0.3) is 0 Å². The maximum Gasteiger partial charge on any atom is 0.399 e. The molecule has 1 aromatic heterocycles. The third kappa shape index (κ3) is 5.23. The van der Waals surface area contributed by atoms with Gasteiger partial charge >= 0.3 is 12.1 Å². The second-order valence-corrected chi connectivity index (χ2v) is 4.42. The Morgan fingerprint density at radius 1 is 1.50 bits per heavy atom. The summed E-state index contributed by atoms with van der Waals surface area (Å²) in [5.74, 6) is -3.62. The average molecular weight is 319 g/mol. The van der Waals surface area contributed by atoms with Crippen LogP contribution in [0.1, 0.15) is 18.2 Å². The van der Waals surface area contributed by atoms with E-state index in [-0.39, 0.29) is 12.4 Å². The van der Waals surface area contributed by atoms with Crippen molar-refractivity contribution in [1.29, 1.82) is 0 Å². The fourth-order valence-corrected chi connectivity index (χ4v) is 1.72. The molecule has 22 heavy (non-hydrogen) atoms. The van der Waals surface area contributed by atoms with Gasteiger partial charge in [-0.3, -0.25) is 4.79 Å². The Balaban J connectivity index is 2.64. The molecular weight excluding hydrogens is 303 g/mol. The highest BCUT2D eigenvalue weighted by molar-refractivity contribution is 5.82. The zero-order chi connectivity index (χ0) is 16.8. The number of hydrogen-bond donors (Lipinski definition) is 1. The number of rotatable bonds is 6. The number of nitrogens with zero attached hydrogens (tertiary/aromatic N) is 2. The molecule has 0 bridgehead atoms. The van der Waals surface area contributed by atoms with Crippen LogP contribution in [0.15, 0.2) is 24.5 Å². The molecule has 1 heterocycles. The zero-order valence-corrected chi connectivity index (χ0v) is 12.1. The van der Waals surface area contributed by atoms with E-state index in [1.807, 2.05) is 0 Å². The predicted molar refractivity (Wildman–Crippen MR) is 70.8 cm³/mol. The Kier molecular flexibility index (Phi) is 6.14. The lowest BCUT2D eigenvalue weighted by Crippen LogP contribution is -2.32. The average Bonchev–Trinajstić information content (AvgIpc) is 2.85. The summed E-state index contributed by atoms with van der Waals surface area (Å²) in [6.07, 6.45) is -0.387. The first-order chi connectivity index (χ1) is 10.3. The molecule has 0 fully saturated rings. The lowest BCUT2D eigenvalue weighted by Gasteiger charge is -2.19. The molecule has 0 spiro atoms. The zero-order valence-electron chi connectivity index (χ0n) is 12.1. The van der Waals surface area contributed by atoms with Crippen molar-refractivity contribution < 1.29 is 27.5 Å². The number of aromatic nitrogens is 2. The maximum absolute atomic E-state index is 13.1. The van der Waals surface area contributed by atoms with Crippen molar-refractivity contribution in [2.75, 3.05) is 13.7 Å². The van der Waals surface area contributed by atoms with E-state index in [9.17, 15) is 22.8 Å². The van der Waals surface area contributed by atoms with Crippen LogP contribution in [0.5, 0.6) is 0 Å². The van der Waals surface area contributed by atoms with Gasteiger partial charge in [-0.15, -0.1) is 0 Å². The number of aryl methyl sites for hydroxylation is 1. The Hall–Kier alpha value is -2.32. The standard InChI is InChI=1S/C13H16F3N3O3/c1-19-7-6-18-12(19)9(13(14,15)16)8-10(20)17-5-3-4-11(21)22-2/h3-4,6-7,9H,5,8H2,1-2H3,(H,17,20)/b4-3+. The highest BCUT2D eigenvalue weighted by Gasteiger charge is 2.44. The van der Waals surface area contributed by atoms with Crippen molar-refractivity contribution in [1.82, 2.24) is 14.9 Å². The van der Waals surface area contributed by atoms with E-state index in [4.69, 9.17) is 0 Å². The first-order valence-corrected chi connectivity index (χ1v) is 6.30. The van der Waals surface area contributed by atoms with E-state index in [1.54, 1.807) is 0 Å². The van der Waals surface area contributed by atoms with E-state index in [0.717, 1.165) is 6.08 Å². The van der Waals surface area contributed by atoms with Crippen LogP contribution >= 0.6 is 0 Å². The third-order valence-electron chi connectivity index (χ3n) is 2.83. The Morgan fingerprint density at radius 3 is 2.68 bits per heavy atom. The molecule has 6 nitrogen and oxygen atoms in total. The van der Waals surface area contributed by atoms with Crippen molar-refractivity contribution in [2.24, 2.45) is 7.05 Å². The molecule has 0 aliphatic carbocycles. The number of esters is 1. The molecule has 122 valence electrons. The van der Waals surface area contributed by atoms with Crippen molar-refractivity contribution in [2.45, 2.75) is 18.5 Å². The molecule has 0 aliphatic rings. The lowest BCUT2D eigenvalue weighted by molar-refractivity contribution is -0.159. The second kappa shape index (κ2) is 7.62. The Labute approximate surface area is 125 Å². The van der Waals surface area contributed by atoms with Crippen molar-refractivity contribution >= 4 is 11.9 Å². The minimum atomic E-state index is -4.59. The number of halogens is 3. The Morgan fingerprint density at radius 2 is 2.18 bits per heavy atom. The van der Waals surface area contributed by atoms with E-state index in [2.05, 4.69) is 15.0 Å². The number of carbonyl (C=O) groups excluding carboxylic acids is 2. The molecule has 0 aromatic carbocycles. The van der Waals surface area contributed by atoms with Gasteiger partial charge < -0.3 is 14.6 Å². The maximum atomic E-state index is 13.1. The van der Waals surface area contributed by atoms with Gasteiger partial charge in [0.05, 0.1) is 7.11 Å². The van der Waals surface area contributed by atoms with Crippen molar-refractivity contribution in [3.05, 3.63) is 30.4 Å². The topological polar surface area (TPSA) is 73.2 Å². The molecule has 0 radical (unpaired) electrons. The van der Waals surface area contributed by atoms with Gasteiger partial charge in [0.2, 0.25) is 5.91 Å². The number of alkyl halides is 3. The van der Waals surface area contributed by atoms with Crippen molar-refractivity contribution in [3.8, 4) is 0 Å². The third-order valence-corrected chi connectivity index (χ3v) is 2.83. The fourth-order valence-electron chi connectivity index (χ4n) is 1.72. The summed E-state index contributed by atoms with van der Waals surface area (Å²) in [6.45, 7) is -0.0704. The fraction of sp³-hybridized carbons (Fsp3) is 0.462. The summed E-state index contributed by atoms with van der Waals surface area (Å²) in [5, 5.41) is 2.28. The smallest absolute Gasteiger partial charge is 0.399 e. The largest absolute Gasteiger partial charge is 0.466 e. The molecule has 1 unspecified atom stereocenters. The molecule has 1 atom stereocenters. The summed E-state index contributed by atoms with van der Waals surface area (Å²) in [4.78, 5) is 26.1. The van der Waals surface area contributed by atoms with Gasteiger partial charge in [-0.1, -0.05) is 6.08 Å². The molecular formula is C13H16F3N3O3. The normalized spacial score (nSPS) is 13.1. The quantitative estimate of drug-likeness (QED) is 0.634. The van der Waals surface area contributed by atoms with Crippen LogP contribution in [0.3, 0.4) is 0 Å². The van der Waals surface area contributed by atoms with Gasteiger partial charge in [-0.05, 0) is 0 Å². The summed E-state index contributed by atoms with van der Waals surface area (Å²) >= 11 is 0. The summed E-state index contributed by atoms with van der Waals surface area (Å²) < 4.78 is 44.7. The van der Waals surface area contributed by atoms with E-state index < -0.39 is 30.4 Å². The highest BCUT2D eigenvalue weighted by atomic mass is 19.4. The van der Waals surface area contributed by atoms with Crippen LogP contribution in [0.25, 0.3) is 0 Å². The number of methoxy groups -OCH3 is 1. The first kappa shape index (κ1) is 17.7. The molecule has 1 N–H and O–H groups in total. The van der Waals surface area contributed by atoms with Gasteiger partial charge in [-0.25, -0.2) is 9.78 Å². The van der Waals surface area contributed by atoms with Gasteiger partial charge in [0.15, 0.2) is 0 Å². The number of amides is 1. The summed E-state index contributed by atoms with van der Waals surface area (Å²) in [5.41, 5.74) is 0. The number of hydrogen-bond acceptors (Lipinski definition) is 4. The number of ether oxygens (including phenoxy) is 1. The molecule has 1 rings (SSSR count). The summed E-state index contributed by atoms with van der Waals surface area (Å²) in [7, 11) is 2.62. The molecule has 0 saturated carbocycles. The number of imidazole rings is 1. The Bertz CT molecular complexity index is 552. The number of nitrogens with one attached hydrogen (secondary N) is 1. The van der Waals surface area contributed by atoms with E-state index >= 15 is 0 Å². The van der Waals surface area contributed by atoms with Crippen LogP contribution in [-0.4, -0.2) is 41.3 Å². The van der Waals surface area contributed by atoms with Crippen LogP contribution in [0.2, 0.25) is 0 Å². The minimum Gasteiger partial charge on any atom is -0.466 e. The van der Waals surface area contributed by atoms with Gasteiger partial charge in [-0.2, -0.15) is 13.2 Å². The van der Waals surface area contributed by atoms with Crippen LogP contribution in [0.4, 0.5) is 13.2 Å². The van der Waals surface area contributed by atoms with Gasteiger partial charge in [0.1, 0.15) is 11.7 Å². The summed E-state index contributed by atoms with van der Waals surface area (Å²) in [6, 6.07) is 0. The second-order valence-electron chi connectivity index (χ2n) is 4.42. The van der Waals surface area contributed by atoms with Crippen LogP contribution < -0.4 is 5.32 Å². The monoisotopic (exact) mass is 319 g/mol. The van der Waals surface area contributed by atoms with E-state index in [0.29, 0.717) is 0 Å². The molecule has 9 heteroatoms. The van der Waals surface area contributed by atoms with E-state index in [1.165, 1.54) is 37.2 Å². The predicted octanol–water partition coefficient (Wildman–Crippen LogP) is 1.30. The highest BCUT2D eigenvalue weighted by Crippen LogP contribution is 2.36. The SMILES string of the molecule is COC(=O)/C=C/CNC(=O)CC(c1nccn1C)C(F)(F)F. The molecule has 1 aromatic rings. The first-order valence-electron chi connectivity index (χ1n) is 6.30. The number of carbonyl (C=O) groups is 2. The van der Waals surface area contributed by atoms with Crippen LogP contribution in [-0.2, 0) is 21.4 Å². The molecule has 0 saturated heterocycles. The minimum absolute atomic E-state index is 0.0704.